The Kier molecular flexibility index (Phi) is 6.46. The van der Waals surface area contributed by atoms with E-state index in [9.17, 15) is 9.90 Å². The lowest BCUT2D eigenvalue weighted by Gasteiger charge is -2.28. The van der Waals surface area contributed by atoms with Gasteiger partial charge in [-0.3, -0.25) is 4.98 Å². The van der Waals surface area contributed by atoms with Gasteiger partial charge in [-0.15, -0.1) is 0 Å². The molecule has 4 aromatic rings. The van der Waals surface area contributed by atoms with Gasteiger partial charge in [0, 0.05) is 36.4 Å². The summed E-state index contributed by atoms with van der Waals surface area (Å²) >= 11 is 0. The van der Waals surface area contributed by atoms with Crippen molar-refractivity contribution in [3.8, 4) is 11.1 Å². The third-order valence-corrected chi connectivity index (χ3v) is 8.10. The van der Waals surface area contributed by atoms with Crippen LogP contribution in [0.5, 0.6) is 0 Å². The van der Waals surface area contributed by atoms with Crippen LogP contribution in [-0.4, -0.2) is 29.1 Å². The fraction of sp³-hybridized carbons (Fsp3) is 0.273. The van der Waals surface area contributed by atoms with Gasteiger partial charge in [-0.2, -0.15) is 0 Å². The number of carboxylic acids is 1. The predicted octanol–water partition coefficient (Wildman–Crippen LogP) is 6.58. The first kappa shape index (κ1) is 24.4. The Morgan fingerprint density at radius 3 is 2.76 bits per heavy atom. The summed E-state index contributed by atoms with van der Waals surface area (Å²) in [4.78, 5) is 18.2. The van der Waals surface area contributed by atoms with Crippen LogP contribution in [0.15, 0.2) is 73.1 Å². The zero-order chi connectivity index (χ0) is 26.2. The van der Waals surface area contributed by atoms with Crippen molar-refractivity contribution in [3.63, 3.8) is 0 Å². The van der Waals surface area contributed by atoms with Gasteiger partial charge in [0.05, 0.1) is 5.56 Å². The van der Waals surface area contributed by atoms with Crippen LogP contribution in [0.1, 0.15) is 56.2 Å². The second kappa shape index (κ2) is 10.1. The Bertz CT molecular complexity index is 1530. The van der Waals surface area contributed by atoms with Crippen molar-refractivity contribution in [2.45, 2.75) is 45.6 Å². The summed E-state index contributed by atoms with van der Waals surface area (Å²) in [6.45, 7) is 6.32. The minimum atomic E-state index is -0.894. The predicted molar refractivity (Wildman–Crippen MR) is 152 cm³/mol. The van der Waals surface area contributed by atoms with Gasteiger partial charge in [-0.1, -0.05) is 42.0 Å². The number of nitrogens with one attached hydrogen (secondary N) is 1. The quantitative estimate of drug-likeness (QED) is 0.311. The SMILES string of the molecule is Cc1ccc2c(c1)CCN2c1ccc(-c2ccc3c(c2)CCN[C@H]3CCc2cnccc2C(=O)O)c(C)c1. The summed E-state index contributed by atoms with van der Waals surface area (Å²) in [5.74, 6) is -0.894. The van der Waals surface area contributed by atoms with Crippen LogP contribution in [0.3, 0.4) is 0 Å². The molecule has 2 aliphatic heterocycles. The summed E-state index contributed by atoms with van der Waals surface area (Å²) in [5.41, 5.74) is 13.0. The highest BCUT2D eigenvalue weighted by atomic mass is 16.4. The molecule has 192 valence electrons. The molecule has 2 aliphatic rings. The van der Waals surface area contributed by atoms with Gasteiger partial charge in [-0.05, 0) is 109 Å². The van der Waals surface area contributed by atoms with Gasteiger partial charge in [-0.25, -0.2) is 4.79 Å². The highest BCUT2D eigenvalue weighted by Gasteiger charge is 2.23. The summed E-state index contributed by atoms with van der Waals surface area (Å²) in [6, 6.07) is 22.3. The number of fused-ring (bicyclic) bond motifs is 2. The molecule has 0 amide bonds. The average molecular weight is 504 g/mol. The van der Waals surface area contributed by atoms with Gasteiger partial charge in [0.2, 0.25) is 0 Å². The number of benzene rings is 3. The van der Waals surface area contributed by atoms with Gasteiger partial charge in [0.25, 0.3) is 0 Å². The first-order valence-corrected chi connectivity index (χ1v) is 13.5. The first-order valence-electron chi connectivity index (χ1n) is 13.5. The molecule has 0 radical (unpaired) electrons. The lowest BCUT2D eigenvalue weighted by Crippen LogP contribution is -2.30. The Labute approximate surface area is 224 Å². The van der Waals surface area contributed by atoms with Gasteiger partial charge in [0.15, 0.2) is 0 Å². The zero-order valence-corrected chi connectivity index (χ0v) is 22.0. The van der Waals surface area contributed by atoms with E-state index in [0.717, 1.165) is 37.9 Å². The van der Waals surface area contributed by atoms with Crippen LogP contribution >= 0.6 is 0 Å². The fourth-order valence-electron chi connectivity index (χ4n) is 6.15. The number of aromatic carboxylic acids is 1. The van der Waals surface area contributed by atoms with E-state index in [1.54, 1.807) is 18.5 Å². The molecule has 0 aliphatic carbocycles. The average Bonchev–Trinajstić information content (AvgIpc) is 3.34. The Hall–Kier alpha value is -3.96. The number of carbonyl (C=O) groups is 1. The third kappa shape index (κ3) is 4.59. The topological polar surface area (TPSA) is 65.5 Å². The largest absolute Gasteiger partial charge is 0.478 e. The van der Waals surface area contributed by atoms with Crippen molar-refractivity contribution in [3.05, 3.63) is 112 Å². The van der Waals surface area contributed by atoms with Gasteiger partial charge < -0.3 is 15.3 Å². The van der Waals surface area contributed by atoms with Crippen molar-refractivity contribution in [1.82, 2.24) is 10.3 Å². The number of hydrogen-bond donors (Lipinski definition) is 2. The van der Waals surface area contributed by atoms with E-state index in [-0.39, 0.29) is 6.04 Å². The van der Waals surface area contributed by atoms with E-state index >= 15 is 0 Å². The summed E-state index contributed by atoms with van der Waals surface area (Å²) < 4.78 is 0. The Morgan fingerprint density at radius 1 is 1.03 bits per heavy atom. The zero-order valence-electron chi connectivity index (χ0n) is 22.0. The molecule has 2 N–H and O–H groups in total. The van der Waals surface area contributed by atoms with E-state index < -0.39 is 5.97 Å². The van der Waals surface area contributed by atoms with E-state index in [1.165, 1.54) is 50.3 Å². The maximum Gasteiger partial charge on any atom is 0.336 e. The molecule has 0 saturated heterocycles. The summed E-state index contributed by atoms with van der Waals surface area (Å²) in [6.07, 6.45) is 6.83. The highest BCUT2D eigenvalue weighted by molar-refractivity contribution is 5.89. The molecule has 5 heteroatoms. The lowest BCUT2D eigenvalue weighted by molar-refractivity contribution is 0.0695. The minimum Gasteiger partial charge on any atom is -0.478 e. The standard InChI is InChI=1S/C33H33N3O2/c1-21-3-10-32-25(17-21)13-16-36(32)27-6-8-28(22(2)18-27)23-4-7-29-24(19-23)11-15-35-31(29)9-5-26-20-34-14-12-30(26)33(37)38/h3-4,6-8,10,12,14,17-20,31,35H,5,9,11,13,15-16H2,1-2H3,(H,37,38)/t31-/m0/s1. The Morgan fingerprint density at radius 2 is 1.92 bits per heavy atom. The van der Waals surface area contributed by atoms with Gasteiger partial charge in [0.1, 0.15) is 0 Å². The smallest absolute Gasteiger partial charge is 0.336 e. The van der Waals surface area contributed by atoms with Crippen LogP contribution < -0.4 is 10.2 Å². The number of aromatic nitrogens is 1. The summed E-state index contributed by atoms with van der Waals surface area (Å²) in [5, 5.41) is 13.1. The lowest BCUT2D eigenvalue weighted by atomic mass is 9.87. The minimum absolute atomic E-state index is 0.206. The number of anilines is 2. The van der Waals surface area contributed by atoms with Crippen molar-refractivity contribution >= 4 is 17.3 Å². The van der Waals surface area contributed by atoms with Crippen LogP contribution in [0.4, 0.5) is 11.4 Å². The molecule has 0 spiro atoms. The number of pyridine rings is 1. The molecular formula is C33H33N3O2. The van der Waals surface area contributed by atoms with Crippen LogP contribution in [0.2, 0.25) is 0 Å². The number of rotatable bonds is 6. The normalized spacial score (nSPS) is 16.3. The fourth-order valence-corrected chi connectivity index (χ4v) is 6.15. The monoisotopic (exact) mass is 503 g/mol. The number of carboxylic acid groups (broad SMARTS) is 1. The molecule has 0 bridgehead atoms. The van der Waals surface area contributed by atoms with Crippen LogP contribution in [0, 0.1) is 13.8 Å². The number of nitrogens with zero attached hydrogens (tertiary/aromatic N) is 2. The highest BCUT2D eigenvalue weighted by Crippen LogP contribution is 2.38. The Balaban J connectivity index is 1.22. The third-order valence-electron chi connectivity index (χ3n) is 8.10. The number of aryl methyl sites for hydroxylation is 3. The molecule has 1 aromatic heterocycles. The second-order valence-electron chi connectivity index (χ2n) is 10.6. The molecule has 1 atom stereocenters. The summed E-state index contributed by atoms with van der Waals surface area (Å²) in [7, 11) is 0. The maximum atomic E-state index is 11.6. The number of hydrogen-bond acceptors (Lipinski definition) is 4. The molecule has 38 heavy (non-hydrogen) atoms. The van der Waals surface area contributed by atoms with E-state index in [0.29, 0.717) is 12.0 Å². The van der Waals surface area contributed by atoms with Crippen LogP contribution in [0.25, 0.3) is 11.1 Å². The van der Waals surface area contributed by atoms with Crippen molar-refractivity contribution in [2.75, 3.05) is 18.0 Å². The molecule has 5 nitrogen and oxygen atoms in total. The van der Waals surface area contributed by atoms with Crippen molar-refractivity contribution in [2.24, 2.45) is 0 Å². The van der Waals surface area contributed by atoms with E-state index in [4.69, 9.17) is 0 Å². The van der Waals surface area contributed by atoms with E-state index in [2.05, 4.69) is 83.6 Å². The molecule has 0 unspecified atom stereocenters. The maximum absolute atomic E-state index is 11.6. The molecule has 3 aromatic carbocycles. The second-order valence-corrected chi connectivity index (χ2v) is 10.6. The molecule has 0 saturated carbocycles. The van der Waals surface area contributed by atoms with Gasteiger partial charge >= 0.3 is 5.97 Å². The van der Waals surface area contributed by atoms with Crippen molar-refractivity contribution in [1.29, 1.82) is 0 Å². The first-order chi connectivity index (χ1) is 18.5. The molecule has 0 fully saturated rings. The molecule has 3 heterocycles. The molecule has 6 rings (SSSR count). The molecular weight excluding hydrogens is 470 g/mol. The van der Waals surface area contributed by atoms with Crippen molar-refractivity contribution < 1.29 is 9.90 Å². The van der Waals surface area contributed by atoms with E-state index in [1.807, 2.05) is 0 Å². The van der Waals surface area contributed by atoms with Crippen LogP contribution in [-0.2, 0) is 19.3 Å².